The molecule has 0 saturated heterocycles. The van der Waals surface area contributed by atoms with Gasteiger partial charge < -0.3 is 9.94 Å². The van der Waals surface area contributed by atoms with Gasteiger partial charge in [-0.15, -0.1) is 0 Å². The van der Waals surface area contributed by atoms with E-state index >= 15 is 0 Å². The largest absolute Gasteiger partial charge is 0.461 e. The first-order valence-corrected chi connectivity index (χ1v) is 7.01. The van der Waals surface area contributed by atoms with Crippen LogP contribution in [0.15, 0.2) is 34.4 Å². The molecule has 0 aliphatic carbocycles. The summed E-state index contributed by atoms with van der Waals surface area (Å²) in [6.07, 6.45) is 0. The number of fused-ring (bicyclic) bond motifs is 1. The van der Waals surface area contributed by atoms with E-state index in [1.807, 2.05) is 38.1 Å². The molecule has 1 heterocycles. The molecular weight excluding hydrogens is 268 g/mol. The zero-order valence-corrected chi connectivity index (χ0v) is 12.8. The van der Waals surface area contributed by atoms with Crippen molar-refractivity contribution in [1.82, 2.24) is 0 Å². The van der Waals surface area contributed by atoms with E-state index in [4.69, 9.17) is 4.74 Å². The average molecular weight is 288 g/mol. The van der Waals surface area contributed by atoms with Crippen LogP contribution in [0.2, 0.25) is 0 Å². The van der Waals surface area contributed by atoms with Gasteiger partial charge in [0.15, 0.2) is 0 Å². The zero-order chi connectivity index (χ0) is 15.6. The van der Waals surface area contributed by atoms with Crippen LogP contribution in [-0.4, -0.2) is 34.7 Å². The maximum absolute atomic E-state index is 12.0. The molecule has 0 saturated carbocycles. The highest BCUT2D eigenvalue weighted by atomic mass is 16.5. The minimum absolute atomic E-state index is 0.149. The lowest BCUT2D eigenvalue weighted by Crippen LogP contribution is -2.38. The summed E-state index contributed by atoms with van der Waals surface area (Å²) < 4.78 is 4.95. The molecule has 0 spiro atoms. The van der Waals surface area contributed by atoms with Gasteiger partial charge in [0.05, 0.1) is 12.1 Å². The van der Waals surface area contributed by atoms with Gasteiger partial charge >= 0.3 is 5.97 Å². The summed E-state index contributed by atoms with van der Waals surface area (Å²) in [6, 6.07) is 7.72. The van der Waals surface area contributed by atoms with Crippen LogP contribution in [0.1, 0.15) is 44.7 Å². The van der Waals surface area contributed by atoms with E-state index < -0.39 is 11.5 Å². The van der Waals surface area contributed by atoms with Gasteiger partial charge in [0.1, 0.15) is 5.71 Å². The van der Waals surface area contributed by atoms with Crippen molar-refractivity contribution >= 4 is 17.4 Å². The van der Waals surface area contributed by atoms with Crippen LogP contribution in [0.3, 0.4) is 0 Å². The number of ether oxygens (including phenoxy) is 1. The molecule has 1 N–H and O–H groups in total. The molecule has 1 aliphatic rings. The van der Waals surface area contributed by atoms with Crippen LogP contribution in [0.5, 0.6) is 0 Å². The summed E-state index contributed by atoms with van der Waals surface area (Å²) in [6.45, 7) is 8.00. The molecule has 0 fully saturated rings. The summed E-state index contributed by atoms with van der Waals surface area (Å²) in [4.78, 5) is 16.6. The Labute approximate surface area is 124 Å². The average Bonchev–Trinajstić information content (AvgIpc) is 2.45. The number of carbonyl (C=O) groups is 1. The molecule has 0 aromatic heterocycles. The fourth-order valence-electron chi connectivity index (χ4n) is 2.48. The number of carbonyl (C=O) groups excluding carboxylic acids is 1. The van der Waals surface area contributed by atoms with Crippen molar-refractivity contribution in [2.75, 3.05) is 6.61 Å². The van der Waals surface area contributed by atoms with Gasteiger partial charge in [0.25, 0.3) is 0 Å². The molecular formula is C16H20N2O3. The maximum atomic E-state index is 12.0. The molecule has 1 atom stereocenters. The molecule has 1 aliphatic heterocycles. The number of oxime groups is 1. The van der Waals surface area contributed by atoms with Crippen molar-refractivity contribution in [3.8, 4) is 0 Å². The topological polar surface area (TPSA) is 71.2 Å². The highest BCUT2D eigenvalue weighted by Crippen LogP contribution is 2.37. The first-order chi connectivity index (χ1) is 9.92. The Kier molecular flexibility index (Phi) is 4.11. The van der Waals surface area contributed by atoms with E-state index in [-0.39, 0.29) is 18.2 Å². The van der Waals surface area contributed by atoms with Gasteiger partial charge in [0, 0.05) is 11.5 Å². The van der Waals surface area contributed by atoms with Crippen LogP contribution in [0.25, 0.3) is 0 Å². The molecule has 1 aromatic rings. The molecule has 1 unspecified atom stereocenters. The number of nitrogens with zero attached hydrogens (tertiary/aromatic N) is 2. The summed E-state index contributed by atoms with van der Waals surface area (Å²) in [5.74, 6) is -0.474. The number of aliphatic imine (C=N–C) groups is 1. The van der Waals surface area contributed by atoms with Crippen LogP contribution in [0, 0.1) is 0 Å². The Morgan fingerprint density at radius 3 is 2.71 bits per heavy atom. The Bertz CT molecular complexity index is 618. The lowest BCUT2D eigenvalue weighted by Gasteiger charge is -2.35. The van der Waals surface area contributed by atoms with Gasteiger partial charge in [-0.25, -0.2) is 4.79 Å². The van der Waals surface area contributed by atoms with Crippen LogP contribution < -0.4 is 0 Å². The van der Waals surface area contributed by atoms with Gasteiger partial charge in [-0.2, -0.15) is 0 Å². The number of hydrogen-bond donors (Lipinski definition) is 1. The van der Waals surface area contributed by atoms with Crippen molar-refractivity contribution < 1.29 is 14.7 Å². The first kappa shape index (κ1) is 15.2. The minimum atomic E-state index is -0.668. The molecule has 0 radical (unpaired) electrons. The monoisotopic (exact) mass is 288 g/mol. The van der Waals surface area contributed by atoms with Crippen molar-refractivity contribution in [2.24, 2.45) is 10.1 Å². The van der Waals surface area contributed by atoms with Crippen molar-refractivity contribution in [1.29, 1.82) is 0 Å². The lowest BCUT2D eigenvalue weighted by molar-refractivity contribution is -0.134. The standard InChI is InChI=1S/C16H20N2O3/c1-5-21-15(19)14(18-20)13-12-9-7-6-8-11(12)10(2)16(3,4)17-13/h6-10,20H,5H2,1-4H3. The summed E-state index contributed by atoms with van der Waals surface area (Å²) in [5, 5.41) is 12.4. The Hall–Kier alpha value is -2.17. The van der Waals surface area contributed by atoms with Crippen LogP contribution in [0.4, 0.5) is 0 Å². The van der Waals surface area contributed by atoms with Gasteiger partial charge in [-0.3, -0.25) is 4.99 Å². The molecule has 0 bridgehead atoms. The first-order valence-electron chi connectivity index (χ1n) is 7.01. The van der Waals surface area contributed by atoms with Crippen molar-refractivity contribution in [3.05, 3.63) is 35.4 Å². The van der Waals surface area contributed by atoms with E-state index in [9.17, 15) is 10.0 Å². The molecule has 2 rings (SSSR count). The third-order valence-corrected chi connectivity index (χ3v) is 3.94. The highest BCUT2D eigenvalue weighted by Gasteiger charge is 2.37. The van der Waals surface area contributed by atoms with E-state index in [0.717, 1.165) is 11.1 Å². The Morgan fingerprint density at radius 2 is 2.10 bits per heavy atom. The Balaban J connectivity index is 2.58. The molecule has 112 valence electrons. The Morgan fingerprint density at radius 1 is 1.43 bits per heavy atom. The second-order valence-corrected chi connectivity index (χ2v) is 5.59. The van der Waals surface area contributed by atoms with E-state index in [1.54, 1.807) is 6.92 Å². The maximum Gasteiger partial charge on any atom is 0.362 e. The highest BCUT2D eigenvalue weighted by molar-refractivity contribution is 6.69. The minimum Gasteiger partial charge on any atom is -0.461 e. The molecule has 0 amide bonds. The predicted molar refractivity (Wildman–Crippen MR) is 81.3 cm³/mol. The number of rotatable bonds is 3. The predicted octanol–water partition coefficient (Wildman–Crippen LogP) is 2.76. The van der Waals surface area contributed by atoms with E-state index in [0.29, 0.717) is 5.71 Å². The zero-order valence-electron chi connectivity index (χ0n) is 12.8. The van der Waals surface area contributed by atoms with Crippen LogP contribution >= 0.6 is 0 Å². The molecule has 1 aromatic carbocycles. The van der Waals surface area contributed by atoms with Gasteiger partial charge in [-0.1, -0.05) is 36.3 Å². The number of esters is 1. The quantitative estimate of drug-likeness (QED) is 0.402. The van der Waals surface area contributed by atoms with Gasteiger partial charge in [0.2, 0.25) is 5.71 Å². The smallest absolute Gasteiger partial charge is 0.362 e. The van der Waals surface area contributed by atoms with Crippen LogP contribution in [-0.2, 0) is 9.53 Å². The molecule has 5 heteroatoms. The third-order valence-electron chi connectivity index (χ3n) is 3.94. The second kappa shape index (κ2) is 5.68. The fourth-order valence-corrected chi connectivity index (χ4v) is 2.48. The summed E-state index contributed by atoms with van der Waals surface area (Å²) in [7, 11) is 0. The second-order valence-electron chi connectivity index (χ2n) is 5.59. The summed E-state index contributed by atoms with van der Waals surface area (Å²) >= 11 is 0. The summed E-state index contributed by atoms with van der Waals surface area (Å²) in [5.41, 5.74) is 1.73. The normalized spacial score (nSPS) is 20.5. The van der Waals surface area contributed by atoms with E-state index in [2.05, 4.69) is 17.1 Å². The molecule has 21 heavy (non-hydrogen) atoms. The molecule has 5 nitrogen and oxygen atoms in total. The number of benzene rings is 1. The SMILES string of the molecule is CCOC(=O)C(=NO)C1=NC(C)(C)C(C)c2ccccc21. The number of hydrogen-bond acceptors (Lipinski definition) is 5. The van der Waals surface area contributed by atoms with Crippen molar-refractivity contribution in [2.45, 2.75) is 39.2 Å². The third kappa shape index (κ3) is 2.68. The fraction of sp³-hybridized carbons (Fsp3) is 0.438. The lowest BCUT2D eigenvalue weighted by atomic mass is 9.77. The van der Waals surface area contributed by atoms with E-state index in [1.165, 1.54) is 0 Å². The van der Waals surface area contributed by atoms with Crippen molar-refractivity contribution in [3.63, 3.8) is 0 Å². The van der Waals surface area contributed by atoms with Gasteiger partial charge in [-0.05, 0) is 26.3 Å².